The third-order valence-electron chi connectivity index (χ3n) is 4.51. The van der Waals surface area contributed by atoms with Gasteiger partial charge in [-0.2, -0.15) is 0 Å². The van der Waals surface area contributed by atoms with Crippen molar-refractivity contribution in [3.63, 3.8) is 0 Å². The minimum absolute atomic E-state index is 0.0257. The lowest BCUT2D eigenvalue weighted by Gasteiger charge is -2.15. The maximum atomic E-state index is 14.8. The first kappa shape index (κ1) is 20.2. The number of halogens is 2. The molecule has 0 aliphatic carbocycles. The Morgan fingerprint density at radius 1 is 1.31 bits per heavy atom. The van der Waals surface area contributed by atoms with E-state index in [1.54, 1.807) is 6.07 Å². The van der Waals surface area contributed by atoms with E-state index >= 15 is 0 Å². The second-order valence-corrected chi connectivity index (χ2v) is 7.16. The van der Waals surface area contributed by atoms with E-state index in [0.717, 1.165) is 16.7 Å². The Morgan fingerprint density at radius 2 is 2.00 bits per heavy atom. The lowest BCUT2D eigenvalue weighted by molar-refractivity contribution is -0.140. The standard InChI is InChI=1S/C21H24ClFO3/c1-12(2)20-18(24)7-6-15(21(20)23)11-16-13(3)9-14(10-17(16)22)5-8-19(25)26-4/h6-7,9-10,12,24H,5,8,11H2,1-4H3. The highest BCUT2D eigenvalue weighted by Gasteiger charge is 2.18. The number of rotatable bonds is 6. The van der Waals surface area contributed by atoms with Crippen LogP contribution in [0.4, 0.5) is 4.39 Å². The first-order valence-corrected chi connectivity index (χ1v) is 8.97. The molecule has 0 heterocycles. The SMILES string of the molecule is COC(=O)CCc1cc(C)c(Cc2ccc(O)c(C(C)C)c2F)c(Cl)c1. The number of ether oxygens (including phenoxy) is 1. The second-order valence-electron chi connectivity index (χ2n) is 6.75. The Bertz CT molecular complexity index is 792. The van der Waals surface area contributed by atoms with Gasteiger partial charge in [-0.05, 0) is 53.6 Å². The van der Waals surface area contributed by atoms with Crippen molar-refractivity contribution in [3.8, 4) is 5.75 Å². The average Bonchev–Trinajstić information content (AvgIpc) is 2.57. The number of benzene rings is 2. The number of methoxy groups -OCH3 is 1. The number of hydrogen-bond donors (Lipinski definition) is 1. The van der Waals surface area contributed by atoms with E-state index in [1.165, 1.54) is 13.2 Å². The van der Waals surface area contributed by atoms with Crippen molar-refractivity contribution in [2.45, 2.75) is 46.0 Å². The fourth-order valence-corrected chi connectivity index (χ4v) is 3.42. The Kier molecular flexibility index (Phi) is 6.65. The molecule has 0 fully saturated rings. The van der Waals surface area contributed by atoms with Crippen LogP contribution < -0.4 is 0 Å². The molecule has 140 valence electrons. The van der Waals surface area contributed by atoms with Crippen molar-refractivity contribution >= 4 is 17.6 Å². The van der Waals surface area contributed by atoms with E-state index in [4.69, 9.17) is 11.6 Å². The van der Waals surface area contributed by atoms with Gasteiger partial charge in [-0.15, -0.1) is 0 Å². The lowest BCUT2D eigenvalue weighted by Crippen LogP contribution is -2.04. The molecule has 0 bridgehead atoms. The van der Waals surface area contributed by atoms with Crippen LogP contribution in [0.2, 0.25) is 5.02 Å². The summed E-state index contributed by atoms with van der Waals surface area (Å²) < 4.78 is 19.5. The van der Waals surface area contributed by atoms with Crippen molar-refractivity contribution in [3.05, 3.63) is 62.9 Å². The van der Waals surface area contributed by atoms with Gasteiger partial charge in [0.25, 0.3) is 0 Å². The molecule has 0 saturated carbocycles. The minimum atomic E-state index is -0.384. The zero-order chi connectivity index (χ0) is 19.4. The molecule has 0 atom stereocenters. The van der Waals surface area contributed by atoms with E-state index in [2.05, 4.69) is 4.74 Å². The Hall–Kier alpha value is -2.07. The third kappa shape index (κ3) is 4.55. The van der Waals surface area contributed by atoms with Crippen LogP contribution >= 0.6 is 11.6 Å². The summed E-state index contributed by atoms with van der Waals surface area (Å²) in [4.78, 5) is 11.3. The van der Waals surface area contributed by atoms with Gasteiger partial charge in [-0.3, -0.25) is 4.79 Å². The molecule has 0 aliphatic rings. The molecule has 1 N–H and O–H groups in total. The van der Waals surface area contributed by atoms with Crippen molar-refractivity contribution in [1.82, 2.24) is 0 Å². The summed E-state index contributed by atoms with van der Waals surface area (Å²) in [7, 11) is 1.36. The summed E-state index contributed by atoms with van der Waals surface area (Å²) >= 11 is 6.43. The Morgan fingerprint density at radius 3 is 2.58 bits per heavy atom. The second kappa shape index (κ2) is 8.54. The summed E-state index contributed by atoms with van der Waals surface area (Å²) in [6, 6.07) is 6.90. The Balaban J connectivity index is 2.31. The monoisotopic (exact) mass is 378 g/mol. The first-order valence-electron chi connectivity index (χ1n) is 8.59. The molecule has 0 radical (unpaired) electrons. The predicted molar refractivity (Wildman–Crippen MR) is 101 cm³/mol. The van der Waals surface area contributed by atoms with Crippen molar-refractivity contribution in [1.29, 1.82) is 0 Å². The van der Waals surface area contributed by atoms with Crippen LogP contribution in [0.5, 0.6) is 5.75 Å². The maximum Gasteiger partial charge on any atom is 0.305 e. The van der Waals surface area contributed by atoms with E-state index in [1.807, 2.05) is 32.9 Å². The molecule has 0 amide bonds. The molecular weight excluding hydrogens is 355 g/mol. The first-order chi connectivity index (χ1) is 12.2. The number of hydrogen-bond acceptors (Lipinski definition) is 3. The Labute approximate surface area is 158 Å². The molecular formula is C21H24ClFO3. The van der Waals surface area contributed by atoms with E-state index in [0.29, 0.717) is 29.0 Å². The number of aromatic hydroxyl groups is 1. The third-order valence-corrected chi connectivity index (χ3v) is 4.84. The summed E-state index contributed by atoms with van der Waals surface area (Å²) in [5.74, 6) is -0.796. The van der Waals surface area contributed by atoms with Crippen LogP contribution in [0.1, 0.15) is 54.0 Å². The van der Waals surface area contributed by atoms with Crippen LogP contribution in [-0.2, 0) is 22.4 Å². The van der Waals surface area contributed by atoms with Crippen molar-refractivity contribution in [2.24, 2.45) is 0 Å². The van der Waals surface area contributed by atoms with E-state index in [9.17, 15) is 14.3 Å². The normalized spacial score (nSPS) is 11.0. The fraction of sp³-hybridized carbons (Fsp3) is 0.381. The molecule has 2 rings (SSSR count). The largest absolute Gasteiger partial charge is 0.508 e. The quantitative estimate of drug-likeness (QED) is 0.692. The summed E-state index contributed by atoms with van der Waals surface area (Å²) in [5.41, 5.74) is 3.55. The number of carbonyl (C=O) groups is 1. The number of aryl methyl sites for hydroxylation is 2. The van der Waals surface area contributed by atoms with Crippen LogP contribution in [0.25, 0.3) is 0 Å². The molecule has 0 spiro atoms. The number of phenolic OH excluding ortho intramolecular Hbond substituents is 1. The minimum Gasteiger partial charge on any atom is -0.508 e. The van der Waals surface area contributed by atoms with Crippen LogP contribution in [0.3, 0.4) is 0 Å². The van der Waals surface area contributed by atoms with E-state index < -0.39 is 0 Å². The van der Waals surface area contributed by atoms with Gasteiger partial charge in [-0.1, -0.05) is 37.6 Å². The average molecular weight is 379 g/mol. The summed E-state index contributed by atoms with van der Waals surface area (Å²) in [6.45, 7) is 5.61. The van der Waals surface area contributed by atoms with Gasteiger partial charge in [0.2, 0.25) is 0 Å². The molecule has 2 aromatic rings. The van der Waals surface area contributed by atoms with Gasteiger partial charge in [0.05, 0.1) is 7.11 Å². The molecule has 5 heteroatoms. The maximum absolute atomic E-state index is 14.8. The zero-order valence-electron chi connectivity index (χ0n) is 15.5. The van der Waals surface area contributed by atoms with Crippen LogP contribution in [-0.4, -0.2) is 18.2 Å². The van der Waals surface area contributed by atoms with Gasteiger partial charge < -0.3 is 9.84 Å². The van der Waals surface area contributed by atoms with Crippen LogP contribution in [0, 0.1) is 12.7 Å². The van der Waals surface area contributed by atoms with Crippen molar-refractivity contribution < 1.29 is 19.0 Å². The molecule has 2 aromatic carbocycles. The van der Waals surface area contributed by atoms with Gasteiger partial charge >= 0.3 is 5.97 Å². The lowest BCUT2D eigenvalue weighted by atomic mass is 9.93. The van der Waals surface area contributed by atoms with Crippen LogP contribution in [0.15, 0.2) is 24.3 Å². The highest BCUT2D eigenvalue weighted by Crippen LogP contribution is 2.33. The smallest absolute Gasteiger partial charge is 0.305 e. The fourth-order valence-electron chi connectivity index (χ4n) is 3.07. The molecule has 0 saturated heterocycles. The molecule has 3 nitrogen and oxygen atoms in total. The molecule has 26 heavy (non-hydrogen) atoms. The zero-order valence-corrected chi connectivity index (χ0v) is 16.3. The number of phenols is 1. The highest BCUT2D eigenvalue weighted by molar-refractivity contribution is 6.31. The highest BCUT2D eigenvalue weighted by atomic mass is 35.5. The van der Waals surface area contributed by atoms with Gasteiger partial charge in [-0.25, -0.2) is 4.39 Å². The summed E-state index contributed by atoms with van der Waals surface area (Å²) in [5, 5.41) is 10.5. The van der Waals surface area contributed by atoms with Gasteiger partial charge in [0.15, 0.2) is 0 Å². The molecule has 0 unspecified atom stereocenters. The molecule has 0 aliphatic heterocycles. The van der Waals surface area contributed by atoms with E-state index in [-0.39, 0.29) is 29.9 Å². The van der Waals surface area contributed by atoms with Crippen molar-refractivity contribution in [2.75, 3.05) is 7.11 Å². The number of carbonyl (C=O) groups excluding carboxylic acids is 1. The number of esters is 1. The molecule has 0 aromatic heterocycles. The topological polar surface area (TPSA) is 46.5 Å². The van der Waals surface area contributed by atoms with Gasteiger partial charge in [0.1, 0.15) is 11.6 Å². The predicted octanol–water partition coefficient (Wildman–Crippen LogP) is 5.31. The summed E-state index contributed by atoms with van der Waals surface area (Å²) in [6.07, 6.45) is 1.17. The van der Waals surface area contributed by atoms with Gasteiger partial charge in [0, 0.05) is 23.4 Å².